The highest BCUT2D eigenvalue weighted by Gasteiger charge is 2.22. The summed E-state index contributed by atoms with van der Waals surface area (Å²) in [5.41, 5.74) is 0.449. The SMILES string of the molecule is CC(C)(CBr)CN1CCCC1. The number of hydrogen-bond acceptors (Lipinski definition) is 1. The molecule has 0 aromatic rings. The van der Waals surface area contributed by atoms with Crippen molar-refractivity contribution in [2.75, 3.05) is 25.0 Å². The first-order valence-electron chi connectivity index (χ1n) is 4.42. The zero-order chi connectivity index (χ0) is 8.32. The average Bonchev–Trinajstić information content (AvgIpc) is 2.39. The molecule has 0 N–H and O–H groups in total. The minimum absolute atomic E-state index is 0.449. The highest BCUT2D eigenvalue weighted by Crippen LogP contribution is 2.21. The molecule has 0 aromatic heterocycles. The molecule has 1 aliphatic rings. The van der Waals surface area contributed by atoms with Crippen LogP contribution in [0.2, 0.25) is 0 Å². The second-order valence-electron chi connectivity index (χ2n) is 4.28. The van der Waals surface area contributed by atoms with Gasteiger partial charge in [0.05, 0.1) is 0 Å². The van der Waals surface area contributed by atoms with Crippen LogP contribution < -0.4 is 0 Å². The van der Waals surface area contributed by atoms with E-state index in [2.05, 4.69) is 34.7 Å². The molecule has 1 aliphatic heterocycles. The van der Waals surface area contributed by atoms with E-state index in [0.29, 0.717) is 5.41 Å². The number of halogens is 1. The zero-order valence-electron chi connectivity index (χ0n) is 7.57. The van der Waals surface area contributed by atoms with Gasteiger partial charge in [0.15, 0.2) is 0 Å². The number of hydrogen-bond donors (Lipinski definition) is 0. The van der Waals surface area contributed by atoms with Crippen molar-refractivity contribution < 1.29 is 0 Å². The third-order valence-corrected chi connectivity index (χ3v) is 3.73. The maximum absolute atomic E-state index is 3.55. The highest BCUT2D eigenvalue weighted by molar-refractivity contribution is 9.09. The van der Waals surface area contributed by atoms with E-state index in [1.165, 1.54) is 32.5 Å². The van der Waals surface area contributed by atoms with Gasteiger partial charge in [-0.3, -0.25) is 0 Å². The summed E-state index contributed by atoms with van der Waals surface area (Å²) in [5.74, 6) is 0. The molecule has 1 rings (SSSR count). The predicted molar refractivity (Wildman–Crippen MR) is 53.2 cm³/mol. The summed E-state index contributed by atoms with van der Waals surface area (Å²) < 4.78 is 0. The Labute approximate surface area is 78.3 Å². The van der Waals surface area contributed by atoms with Gasteiger partial charge in [0.1, 0.15) is 0 Å². The normalized spacial score (nSPS) is 21.0. The Balaban J connectivity index is 2.28. The van der Waals surface area contributed by atoms with Crippen LogP contribution in [0.15, 0.2) is 0 Å². The van der Waals surface area contributed by atoms with Crippen molar-refractivity contribution in [2.45, 2.75) is 26.7 Å². The number of nitrogens with zero attached hydrogens (tertiary/aromatic N) is 1. The van der Waals surface area contributed by atoms with E-state index in [1.807, 2.05) is 0 Å². The standard InChI is InChI=1S/C9H18BrN/c1-9(2,7-10)8-11-5-3-4-6-11/h3-8H2,1-2H3. The Bertz CT molecular complexity index is 117. The number of likely N-dealkylation sites (tertiary alicyclic amines) is 1. The largest absolute Gasteiger partial charge is 0.303 e. The van der Waals surface area contributed by atoms with E-state index < -0.39 is 0 Å². The summed E-state index contributed by atoms with van der Waals surface area (Å²) in [5, 5.41) is 1.11. The van der Waals surface area contributed by atoms with E-state index in [-0.39, 0.29) is 0 Å². The van der Waals surface area contributed by atoms with Crippen molar-refractivity contribution in [3.8, 4) is 0 Å². The molecule has 0 radical (unpaired) electrons. The molecule has 0 aromatic carbocycles. The fourth-order valence-corrected chi connectivity index (χ4v) is 1.77. The first-order chi connectivity index (χ1) is 5.14. The Kier molecular flexibility index (Phi) is 3.38. The fraction of sp³-hybridized carbons (Fsp3) is 1.00. The molecule has 0 bridgehead atoms. The van der Waals surface area contributed by atoms with Gasteiger partial charge >= 0.3 is 0 Å². The first kappa shape index (κ1) is 9.53. The van der Waals surface area contributed by atoms with Crippen LogP contribution in [0, 0.1) is 5.41 Å². The molecule has 0 spiro atoms. The van der Waals surface area contributed by atoms with Crippen molar-refractivity contribution >= 4 is 15.9 Å². The molecule has 0 unspecified atom stereocenters. The van der Waals surface area contributed by atoms with E-state index >= 15 is 0 Å². The van der Waals surface area contributed by atoms with Gasteiger partial charge < -0.3 is 4.90 Å². The Hall–Kier alpha value is 0.440. The quantitative estimate of drug-likeness (QED) is 0.660. The fourth-order valence-electron chi connectivity index (χ4n) is 1.59. The molecule has 1 heterocycles. The minimum Gasteiger partial charge on any atom is -0.303 e. The molecule has 1 saturated heterocycles. The molecular formula is C9H18BrN. The van der Waals surface area contributed by atoms with Crippen molar-refractivity contribution in [3.63, 3.8) is 0 Å². The highest BCUT2D eigenvalue weighted by atomic mass is 79.9. The first-order valence-corrected chi connectivity index (χ1v) is 5.54. The topological polar surface area (TPSA) is 3.24 Å². The molecule has 1 nitrogen and oxygen atoms in total. The lowest BCUT2D eigenvalue weighted by atomic mass is 9.96. The van der Waals surface area contributed by atoms with E-state index in [9.17, 15) is 0 Å². The zero-order valence-corrected chi connectivity index (χ0v) is 9.15. The molecule has 2 heteroatoms. The van der Waals surface area contributed by atoms with Gasteiger partial charge in [0, 0.05) is 11.9 Å². The Morgan fingerprint density at radius 1 is 1.27 bits per heavy atom. The summed E-state index contributed by atoms with van der Waals surface area (Å²) in [7, 11) is 0. The third kappa shape index (κ3) is 3.12. The summed E-state index contributed by atoms with van der Waals surface area (Å²) in [6.45, 7) is 8.52. The summed E-state index contributed by atoms with van der Waals surface area (Å²) in [4.78, 5) is 2.57. The average molecular weight is 220 g/mol. The van der Waals surface area contributed by atoms with Crippen molar-refractivity contribution in [1.82, 2.24) is 4.90 Å². The van der Waals surface area contributed by atoms with E-state index in [4.69, 9.17) is 0 Å². The Morgan fingerprint density at radius 3 is 2.27 bits per heavy atom. The molecule has 11 heavy (non-hydrogen) atoms. The lowest BCUT2D eigenvalue weighted by Gasteiger charge is -2.27. The van der Waals surface area contributed by atoms with Gasteiger partial charge in [-0.1, -0.05) is 29.8 Å². The molecule has 66 valence electrons. The lowest BCUT2D eigenvalue weighted by molar-refractivity contribution is 0.232. The van der Waals surface area contributed by atoms with Crippen LogP contribution in [0.1, 0.15) is 26.7 Å². The van der Waals surface area contributed by atoms with Crippen LogP contribution in [0.3, 0.4) is 0 Å². The maximum atomic E-state index is 3.55. The van der Waals surface area contributed by atoms with Gasteiger partial charge in [0.25, 0.3) is 0 Å². The third-order valence-electron chi connectivity index (χ3n) is 2.21. The van der Waals surface area contributed by atoms with E-state index in [0.717, 1.165) is 5.33 Å². The number of rotatable bonds is 3. The van der Waals surface area contributed by atoms with Crippen LogP contribution >= 0.6 is 15.9 Å². The van der Waals surface area contributed by atoms with Gasteiger partial charge in [-0.15, -0.1) is 0 Å². The predicted octanol–water partition coefficient (Wildman–Crippen LogP) is 2.50. The number of alkyl halides is 1. The van der Waals surface area contributed by atoms with Crippen molar-refractivity contribution in [2.24, 2.45) is 5.41 Å². The van der Waals surface area contributed by atoms with Crippen LogP contribution in [0.25, 0.3) is 0 Å². The second kappa shape index (κ2) is 3.90. The molecule has 0 saturated carbocycles. The summed E-state index contributed by atoms with van der Waals surface area (Å²) >= 11 is 3.55. The summed E-state index contributed by atoms with van der Waals surface area (Å²) in [6, 6.07) is 0. The lowest BCUT2D eigenvalue weighted by Crippen LogP contribution is -2.33. The molecule has 0 atom stereocenters. The molecular weight excluding hydrogens is 202 g/mol. The van der Waals surface area contributed by atoms with Gasteiger partial charge in [-0.25, -0.2) is 0 Å². The molecule has 0 aliphatic carbocycles. The van der Waals surface area contributed by atoms with Gasteiger partial charge in [-0.05, 0) is 31.3 Å². The summed E-state index contributed by atoms with van der Waals surface area (Å²) in [6.07, 6.45) is 2.80. The van der Waals surface area contributed by atoms with Crippen LogP contribution in [-0.2, 0) is 0 Å². The van der Waals surface area contributed by atoms with Crippen LogP contribution in [0.4, 0.5) is 0 Å². The van der Waals surface area contributed by atoms with Crippen molar-refractivity contribution in [3.05, 3.63) is 0 Å². The molecule has 1 fully saturated rings. The van der Waals surface area contributed by atoms with Crippen LogP contribution in [0.5, 0.6) is 0 Å². The Morgan fingerprint density at radius 2 is 1.82 bits per heavy atom. The van der Waals surface area contributed by atoms with Crippen LogP contribution in [-0.4, -0.2) is 29.9 Å². The monoisotopic (exact) mass is 219 g/mol. The van der Waals surface area contributed by atoms with Crippen molar-refractivity contribution in [1.29, 1.82) is 0 Å². The van der Waals surface area contributed by atoms with Gasteiger partial charge in [-0.2, -0.15) is 0 Å². The van der Waals surface area contributed by atoms with E-state index in [1.54, 1.807) is 0 Å². The second-order valence-corrected chi connectivity index (χ2v) is 4.84. The minimum atomic E-state index is 0.449. The van der Waals surface area contributed by atoms with Gasteiger partial charge in [0.2, 0.25) is 0 Å². The molecule has 0 amide bonds. The smallest absolute Gasteiger partial charge is 0.00949 e. The maximum Gasteiger partial charge on any atom is 0.00949 e.